The van der Waals surface area contributed by atoms with Crippen LogP contribution in [0.2, 0.25) is 0 Å². The minimum absolute atomic E-state index is 0.493. The van der Waals surface area contributed by atoms with Crippen molar-refractivity contribution in [2.45, 2.75) is 84.2 Å². The van der Waals surface area contributed by atoms with E-state index in [1.54, 1.807) is 11.3 Å². The molecule has 1 saturated carbocycles. The molecular formula is C22H39N5S. The predicted molar refractivity (Wildman–Crippen MR) is 120 cm³/mol. The van der Waals surface area contributed by atoms with Gasteiger partial charge in [0.1, 0.15) is 0 Å². The van der Waals surface area contributed by atoms with E-state index in [0.717, 1.165) is 24.1 Å². The number of nitrogens with zero attached hydrogens (tertiary/aromatic N) is 3. The van der Waals surface area contributed by atoms with Crippen LogP contribution in [0.4, 0.5) is 0 Å². The molecule has 2 heterocycles. The first-order valence-electron chi connectivity index (χ1n) is 11.4. The summed E-state index contributed by atoms with van der Waals surface area (Å²) in [6.07, 6.45) is 9.67. The molecular weight excluding hydrogens is 366 g/mol. The first kappa shape index (κ1) is 21.6. The Kier molecular flexibility index (Phi) is 8.59. The molecule has 0 unspecified atom stereocenters. The zero-order valence-corrected chi connectivity index (χ0v) is 18.9. The highest BCUT2D eigenvalue weighted by Crippen LogP contribution is 2.25. The van der Waals surface area contributed by atoms with Crippen molar-refractivity contribution in [3.05, 3.63) is 16.1 Å². The minimum atomic E-state index is 0.493. The molecule has 158 valence electrons. The Balaban J connectivity index is 1.44. The first-order chi connectivity index (χ1) is 13.6. The topological polar surface area (TPSA) is 52.6 Å². The van der Waals surface area contributed by atoms with Crippen LogP contribution in [0.25, 0.3) is 0 Å². The van der Waals surface area contributed by atoms with Gasteiger partial charge in [0.25, 0.3) is 0 Å². The number of hydrogen-bond donors (Lipinski definition) is 2. The van der Waals surface area contributed by atoms with Gasteiger partial charge in [-0.25, -0.2) is 9.98 Å². The summed E-state index contributed by atoms with van der Waals surface area (Å²) < 4.78 is 0. The third kappa shape index (κ3) is 6.73. The van der Waals surface area contributed by atoms with E-state index in [1.165, 1.54) is 69.6 Å². The molecule has 1 aliphatic carbocycles. The van der Waals surface area contributed by atoms with Crippen molar-refractivity contribution in [1.29, 1.82) is 0 Å². The Bertz CT molecular complexity index is 598. The monoisotopic (exact) mass is 405 g/mol. The van der Waals surface area contributed by atoms with Crippen molar-refractivity contribution in [2.24, 2.45) is 10.9 Å². The number of nitrogens with one attached hydrogen (secondary N) is 2. The zero-order valence-electron chi connectivity index (χ0n) is 18.0. The molecule has 28 heavy (non-hydrogen) atoms. The minimum Gasteiger partial charge on any atom is -0.357 e. The molecule has 0 aromatic carbocycles. The van der Waals surface area contributed by atoms with Crippen molar-refractivity contribution in [3.8, 4) is 0 Å². The Labute approximate surface area is 175 Å². The van der Waals surface area contributed by atoms with Gasteiger partial charge in [-0.1, -0.05) is 33.1 Å². The fourth-order valence-electron chi connectivity index (χ4n) is 4.33. The third-order valence-electron chi connectivity index (χ3n) is 5.98. The zero-order chi connectivity index (χ0) is 19.8. The summed E-state index contributed by atoms with van der Waals surface area (Å²) in [5.74, 6) is 2.38. The smallest absolute Gasteiger partial charge is 0.191 e. The summed E-state index contributed by atoms with van der Waals surface area (Å²) >= 11 is 1.75. The van der Waals surface area contributed by atoms with Crippen LogP contribution in [0.1, 0.15) is 82.3 Å². The van der Waals surface area contributed by atoms with Gasteiger partial charge in [0.2, 0.25) is 0 Å². The largest absolute Gasteiger partial charge is 0.357 e. The van der Waals surface area contributed by atoms with Gasteiger partial charge >= 0.3 is 0 Å². The lowest BCUT2D eigenvalue weighted by molar-refractivity contribution is 0.160. The second kappa shape index (κ2) is 11.1. The lowest BCUT2D eigenvalue weighted by Gasteiger charge is -2.36. The van der Waals surface area contributed by atoms with Gasteiger partial charge in [-0.3, -0.25) is 0 Å². The highest BCUT2D eigenvalue weighted by atomic mass is 32.1. The standard InChI is InChI=1S/C22H39N5S/c1-4-23-22(24-14-20-16-28-21(25-20)17(2)3)26-19-10-12-27(13-11-19)15-18-8-6-5-7-9-18/h16-19H,4-15H2,1-3H3,(H2,23,24,26). The van der Waals surface area contributed by atoms with Crippen molar-refractivity contribution >= 4 is 17.3 Å². The molecule has 1 aromatic rings. The summed E-state index contributed by atoms with van der Waals surface area (Å²) in [6, 6.07) is 0.530. The van der Waals surface area contributed by atoms with Crippen LogP contribution in [0.3, 0.4) is 0 Å². The van der Waals surface area contributed by atoms with Gasteiger partial charge in [0, 0.05) is 43.5 Å². The number of aliphatic imine (C=N–C) groups is 1. The van der Waals surface area contributed by atoms with Crippen molar-refractivity contribution in [2.75, 3.05) is 26.2 Å². The van der Waals surface area contributed by atoms with Gasteiger partial charge in [-0.2, -0.15) is 0 Å². The quantitative estimate of drug-likeness (QED) is 0.522. The molecule has 1 aromatic heterocycles. The van der Waals surface area contributed by atoms with E-state index in [4.69, 9.17) is 9.98 Å². The molecule has 2 N–H and O–H groups in total. The Morgan fingerprint density at radius 1 is 1.21 bits per heavy atom. The van der Waals surface area contributed by atoms with Gasteiger partial charge in [-0.15, -0.1) is 11.3 Å². The van der Waals surface area contributed by atoms with Gasteiger partial charge in [0.05, 0.1) is 17.2 Å². The van der Waals surface area contributed by atoms with Crippen LogP contribution in [0, 0.1) is 5.92 Å². The number of rotatable bonds is 7. The highest BCUT2D eigenvalue weighted by Gasteiger charge is 2.23. The normalized spacial score (nSPS) is 20.6. The van der Waals surface area contributed by atoms with E-state index >= 15 is 0 Å². The number of aromatic nitrogens is 1. The summed E-state index contributed by atoms with van der Waals surface area (Å²) in [4.78, 5) is 12.2. The Morgan fingerprint density at radius 3 is 2.61 bits per heavy atom. The molecule has 1 aliphatic heterocycles. The van der Waals surface area contributed by atoms with E-state index in [-0.39, 0.29) is 0 Å². The molecule has 0 amide bonds. The van der Waals surface area contributed by atoms with Crippen LogP contribution in [-0.2, 0) is 6.54 Å². The summed E-state index contributed by atoms with van der Waals surface area (Å²) in [7, 11) is 0. The fraction of sp³-hybridized carbons (Fsp3) is 0.818. The summed E-state index contributed by atoms with van der Waals surface area (Å²) in [6.45, 7) is 11.8. The second-order valence-corrected chi connectivity index (χ2v) is 9.64. The third-order valence-corrected chi connectivity index (χ3v) is 7.17. The number of likely N-dealkylation sites (tertiary alicyclic amines) is 1. The summed E-state index contributed by atoms with van der Waals surface area (Å²) in [5.41, 5.74) is 1.08. The fourth-order valence-corrected chi connectivity index (χ4v) is 5.15. The average Bonchev–Trinajstić information content (AvgIpc) is 3.18. The van der Waals surface area contributed by atoms with E-state index in [2.05, 4.69) is 41.7 Å². The molecule has 5 nitrogen and oxygen atoms in total. The molecule has 0 spiro atoms. The van der Waals surface area contributed by atoms with Gasteiger partial charge < -0.3 is 15.5 Å². The first-order valence-corrected chi connectivity index (χ1v) is 12.2. The van der Waals surface area contributed by atoms with Crippen LogP contribution < -0.4 is 10.6 Å². The molecule has 1 saturated heterocycles. The number of hydrogen-bond acceptors (Lipinski definition) is 4. The lowest BCUT2D eigenvalue weighted by Crippen LogP contribution is -2.49. The van der Waals surface area contributed by atoms with E-state index in [0.29, 0.717) is 18.5 Å². The van der Waals surface area contributed by atoms with Crippen molar-refractivity contribution < 1.29 is 0 Å². The second-order valence-electron chi connectivity index (χ2n) is 8.75. The van der Waals surface area contributed by atoms with E-state index in [9.17, 15) is 0 Å². The average molecular weight is 406 g/mol. The van der Waals surface area contributed by atoms with Crippen LogP contribution in [0.15, 0.2) is 10.4 Å². The number of thiazole rings is 1. The molecule has 6 heteroatoms. The molecule has 0 bridgehead atoms. The summed E-state index contributed by atoms with van der Waals surface area (Å²) in [5, 5.41) is 10.4. The maximum Gasteiger partial charge on any atom is 0.191 e. The van der Waals surface area contributed by atoms with Gasteiger partial charge in [0.15, 0.2) is 5.96 Å². The molecule has 0 radical (unpaired) electrons. The maximum absolute atomic E-state index is 4.79. The molecule has 0 atom stereocenters. The van der Waals surface area contributed by atoms with Crippen molar-refractivity contribution in [1.82, 2.24) is 20.5 Å². The SMILES string of the molecule is CCNC(=NCc1csc(C(C)C)n1)NC1CCN(CC2CCCCC2)CC1. The van der Waals surface area contributed by atoms with Crippen LogP contribution in [0.5, 0.6) is 0 Å². The molecule has 2 fully saturated rings. The molecule has 2 aliphatic rings. The predicted octanol–water partition coefficient (Wildman–Crippen LogP) is 4.37. The molecule has 3 rings (SSSR count). The van der Waals surface area contributed by atoms with E-state index in [1.807, 2.05) is 0 Å². The Hall–Kier alpha value is -1.14. The van der Waals surface area contributed by atoms with Gasteiger partial charge in [-0.05, 0) is 38.5 Å². The number of piperidine rings is 1. The van der Waals surface area contributed by atoms with E-state index < -0.39 is 0 Å². The van der Waals surface area contributed by atoms with Crippen LogP contribution >= 0.6 is 11.3 Å². The lowest BCUT2D eigenvalue weighted by atomic mass is 9.88. The van der Waals surface area contributed by atoms with Crippen molar-refractivity contribution in [3.63, 3.8) is 0 Å². The number of guanidine groups is 1. The maximum atomic E-state index is 4.79. The van der Waals surface area contributed by atoms with Crippen LogP contribution in [-0.4, -0.2) is 48.1 Å². The highest BCUT2D eigenvalue weighted by molar-refractivity contribution is 7.09. The Morgan fingerprint density at radius 2 is 1.96 bits per heavy atom.